The lowest BCUT2D eigenvalue weighted by molar-refractivity contribution is -0.117. The summed E-state index contributed by atoms with van der Waals surface area (Å²) in [6, 6.07) is 9.76. The minimum Gasteiger partial charge on any atom is -0.339 e. The van der Waals surface area contributed by atoms with Crippen molar-refractivity contribution in [2.45, 2.75) is 34.1 Å². The molecular weight excluding hydrogens is 336 g/mol. The van der Waals surface area contributed by atoms with Crippen molar-refractivity contribution in [1.29, 1.82) is 0 Å². The van der Waals surface area contributed by atoms with Crippen molar-refractivity contribution in [3.63, 3.8) is 0 Å². The molecule has 0 radical (unpaired) electrons. The van der Waals surface area contributed by atoms with Crippen LogP contribution < -0.4 is 5.32 Å². The van der Waals surface area contributed by atoms with Gasteiger partial charge in [-0.25, -0.2) is 4.98 Å². The van der Waals surface area contributed by atoms with Gasteiger partial charge in [0.15, 0.2) is 5.13 Å². The number of hydrogen-bond donors (Lipinski definition) is 1. The third-order valence-corrected chi connectivity index (χ3v) is 4.31. The molecule has 6 nitrogen and oxygen atoms in total. The Bertz CT molecular complexity index is 878. The van der Waals surface area contributed by atoms with Crippen LogP contribution in [0.15, 0.2) is 34.9 Å². The van der Waals surface area contributed by atoms with E-state index < -0.39 is 0 Å². The average Bonchev–Trinajstić information content (AvgIpc) is 3.12. The molecule has 2 heterocycles. The number of carbonyl (C=O) groups excluding carboxylic acids is 1. The van der Waals surface area contributed by atoms with Crippen molar-refractivity contribution in [3.8, 4) is 22.0 Å². The lowest BCUT2D eigenvalue weighted by atomic mass is 9.92. The van der Waals surface area contributed by atoms with Crippen molar-refractivity contribution in [2.75, 3.05) is 5.32 Å². The van der Waals surface area contributed by atoms with Crippen molar-refractivity contribution in [1.82, 2.24) is 15.1 Å². The van der Waals surface area contributed by atoms with Gasteiger partial charge in [0, 0.05) is 18.9 Å². The Morgan fingerprint density at radius 1 is 1.20 bits per heavy atom. The van der Waals surface area contributed by atoms with E-state index in [1.807, 2.05) is 51.1 Å². The Hall–Kier alpha value is -2.54. The van der Waals surface area contributed by atoms with E-state index in [2.05, 4.69) is 20.4 Å². The first-order chi connectivity index (χ1) is 11.8. The average molecular weight is 356 g/mol. The predicted molar refractivity (Wildman–Crippen MR) is 98.3 cm³/mol. The smallest absolute Gasteiger partial charge is 0.226 e. The highest BCUT2D eigenvalue weighted by molar-refractivity contribution is 7.19. The van der Waals surface area contributed by atoms with Crippen LogP contribution in [0.25, 0.3) is 22.0 Å². The molecule has 0 spiro atoms. The molecule has 0 aliphatic heterocycles. The molecule has 0 unspecified atom stereocenters. The maximum absolute atomic E-state index is 12.2. The van der Waals surface area contributed by atoms with Crippen LogP contribution in [0.1, 0.15) is 33.1 Å². The van der Waals surface area contributed by atoms with Gasteiger partial charge in [-0.3, -0.25) is 4.79 Å². The number of nitrogens with zero attached hydrogens (tertiary/aromatic N) is 3. The molecule has 1 amide bonds. The molecule has 3 aromatic rings. The highest BCUT2D eigenvalue weighted by Gasteiger charge is 2.21. The maximum atomic E-state index is 12.2. The minimum absolute atomic E-state index is 0.0586. The third kappa shape index (κ3) is 4.30. The molecule has 0 saturated carbocycles. The second-order valence-electron chi connectivity index (χ2n) is 6.99. The molecule has 7 heteroatoms. The molecule has 25 heavy (non-hydrogen) atoms. The molecule has 3 rings (SSSR count). The first kappa shape index (κ1) is 17.3. The van der Waals surface area contributed by atoms with E-state index in [0.29, 0.717) is 23.3 Å². The molecule has 130 valence electrons. The van der Waals surface area contributed by atoms with Gasteiger partial charge in [0.2, 0.25) is 17.6 Å². The Labute approximate surface area is 150 Å². The monoisotopic (exact) mass is 356 g/mol. The number of aromatic nitrogens is 3. The van der Waals surface area contributed by atoms with Crippen LogP contribution in [-0.4, -0.2) is 21.0 Å². The van der Waals surface area contributed by atoms with E-state index >= 15 is 0 Å². The minimum atomic E-state index is -0.0861. The summed E-state index contributed by atoms with van der Waals surface area (Å²) in [6.45, 7) is 7.82. The Morgan fingerprint density at radius 2 is 1.92 bits per heavy atom. The molecule has 1 aromatic carbocycles. The number of rotatable bonds is 4. The Balaban J connectivity index is 1.96. The van der Waals surface area contributed by atoms with Crippen LogP contribution in [0.5, 0.6) is 0 Å². The van der Waals surface area contributed by atoms with Gasteiger partial charge in [0.05, 0.1) is 5.69 Å². The maximum Gasteiger partial charge on any atom is 0.226 e. The van der Waals surface area contributed by atoms with Crippen LogP contribution in [-0.2, 0) is 4.79 Å². The number of nitrogens with one attached hydrogen (secondary N) is 1. The Kier molecular flexibility index (Phi) is 4.67. The molecule has 0 aliphatic carbocycles. The normalized spacial score (nSPS) is 11.5. The summed E-state index contributed by atoms with van der Waals surface area (Å²) in [5.74, 6) is 0.905. The lowest BCUT2D eigenvalue weighted by Gasteiger charge is -2.16. The van der Waals surface area contributed by atoms with Crippen LogP contribution in [0.2, 0.25) is 0 Å². The topological polar surface area (TPSA) is 80.9 Å². The number of anilines is 1. The van der Waals surface area contributed by atoms with Crippen molar-refractivity contribution >= 4 is 22.4 Å². The van der Waals surface area contributed by atoms with Crippen LogP contribution >= 0.6 is 11.3 Å². The molecule has 0 atom stereocenters. The predicted octanol–water partition coefficient (Wildman–Crippen LogP) is 4.54. The van der Waals surface area contributed by atoms with Gasteiger partial charge in [0.1, 0.15) is 4.88 Å². The zero-order valence-corrected chi connectivity index (χ0v) is 15.5. The fourth-order valence-corrected chi connectivity index (χ4v) is 3.28. The third-order valence-electron chi connectivity index (χ3n) is 3.34. The number of benzene rings is 1. The molecule has 1 N–H and O–H groups in total. The van der Waals surface area contributed by atoms with Crippen molar-refractivity contribution in [3.05, 3.63) is 36.2 Å². The van der Waals surface area contributed by atoms with E-state index in [4.69, 9.17) is 4.52 Å². The van der Waals surface area contributed by atoms with E-state index in [-0.39, 0.29) is 11.3 Å². The van der Waals surface area contributed by atoms with Gasteiger partial charge in [-0.2, -0.15) is 4.98 Å². The van der Waals surface area contributed by atoms with Gasteiger partial charge in [-0.1, -0.05) is 67.6 Å². The standard InChI is InChI=1S/C18H20N4O2S/c1-11-19-16(22-24-11)15-14(12-8-6-5-7-9-12)21-17(25-15)20-13(23)10-18(2,3)4/h5-9H,10H2,1-4H3,(H,20,21,23). The molecular formula is C18H20N4O2S. The molecule has 0 aliphatic rings. The molecule has 0 bridgehead atoms. The fourth-order valence-electron chi connectivity index (χ4n) is 2.35. The zero-order chi connectivity index (χ0) is 18.0. The van der Waals surface area contributed by atoms with E-state index in [1.165, 1.54) is 11.3 Å². The number of hydrogen-bond acceptors (Lipinski definition) is 6. The van der Waals surface area contributed by atoms with Gasteiger partial charge in [-0.15, -0.1) is 0 Å². The largest absolute Gasteiger partial charge is 0.339 e. The van der Waals surface area contributed by atoms with Crippen LogP contribution in [0.3, 0.4) is 0 Å². The van der Waals surface area contributed by atoms with Crippen LogP contribution in [0.4, 0.5) is 5.13 Å². The van der Waals surface area contributed by atoms with Crippen molar-refractivity contribution < 1.29 is 9.32 Å². The van der Waals surface area contributed by atoms with Crippen molar-refractivity contribution in [2.24, 2.45) is 5.41 Å². The van der Waals surface area contributed by atoms with E-state index in [0.717, 1.165) is 16.1 Å². The first-order valence-corrected chi connectivity index (χ1v) is 8.80. The van der Waals surface area contributed by atoms with E-state index in [9.17, 15) is 4.79 Å². The second kappa shape index (κ2) is 6.76. The van der Waals surface area contributed by atoms with Crippen LogP contribution in [0, 0.1) is 12.3 Å². The highest BCUT2D eigenvalue weighted by Crippen LogP contribution is 2.37. The number of thiazole rings is 1. The van der Waals surface area contributed by atoms with Gasteiger partial charge in [-0.05, 0) is 5.41 Å². The Morgan fingerprint density at radius 3 is 2.52 bits per heavy atom. The summed E-state index contributed by atoms with van der Waals surface area (Å²) >= 11 is 1.35. The summed E-state index contributed by atoms with van der Waals surface area (Å²) in [4.78, 5) is 21.9. The summed E-state index contributed by atoms with van der Waals surface area (Å²) in [5, 5.41) is 7.42. The second-order valence-corrected chi connectivity index (χ2v) is 7.98. The van der Waals surface area contributed by atoms with E-state index in [1.54, 1.807) is 6.92 Å². The fraction of sp³-hybridized carbons (Fsp3) is 0.333. The quantitative estimate of drug-likeness (QED) is 0.742. The summed E-state index contributed by atoms with van der Waals surface area (Å²) in [7, 11) is 0. The number of carbonyl (C=O) groups is 1. The highest BCUT2D eigenvalue weighted by atomic mass is 32.1. The van der Waals surface area contributed by atoms with Gasteiger partial charge in [0.25, 0.3) is 0 Å². The zero-order valence-electron chi connectivity index (χ0n) is 14.7. The molecule has 0 fully saturated rings. The lowest BCUT2D eigenvalue weighted by Crippen LogP contribution is -2.19. The molecule has 0 saturated heterocycles. The van der Waals surface area contributed by atoms with Gasteiger partial charge >= 0.3 is 0 Å². The number of aryl methyl sites for hydroxylation is 1. The van der Waals surface area contributed by atoms with Gasteiger partial charge < -0.3 is 9.84 Å². The first-order valence-electron chi connectivity index (χ1n) is 7.98. The summed E-state index contributed by atoms with van der Waals surface area (Å²) in [6.07, 6.45) is 0.421. The number of amides is 1. The summed E-state index contributed by atoms with van der Waals surface area (Å²) < 4.78 is 5.10. The SMILES string of the molecule is Cc1nc(-c2sc(NC(=O)CC(C)(C)C)nc2-c2ccccc2)no1. The summed E-state index contributed by atoms with van der Waals surface area (Å²) in [5.41, 5.74) is 1.59. The molecule has 2 aromatic heterocycles.